The standard InChI is InChI=1S/C17H29FO3/c1-12-2-7-16(19-9-12)15-10-20-17(21-11-15)14-5-3-13(8-18)4-6-14/h12-17H,2-11H2,1H3. The van der Waals surface area contributed by atoms with E-state index in [1.165, 1.54) is 6.42 Å². The highest BCUT2D eigenvalue weighted by molar-refractivity contribution is 4.80. The maximum Gasteiger partial charge on any atom is 0.160 e. The molecule has 2 aliphatic heterocycles. The van der Waals surface area contributed by atoms with Crippen LogP contribution >= 0.6 is 0 Å². The largest absolute Gasteiger partial charge is 0.377 e. The molecule has 2 atom stereocenters. The van der Waals surface area contributed by atoms with E-state index in [-0.39, 0.29) is 18.9 Å². The van der Waals surface area contributed by atoms with Crippen molar-refractivity contribution in [1.82, 2.24) is 0 Å². The van der Waals surface area contributed by atoms with E-state index in [9.17, 15) is 4.39 Å². The minimum atomic E-state index is -0.168. The van der Waals surface area contributed by atoms with E-state index in [4.69, 9.17) is 14.2 Å². The summed E-state index contributed by atoms with van der Waals surface area (Å²) in [6.45, 7) is 4.46. The molecule has 1 aliphatic carbocycles. The number of rotatable bonds is 3. The third-order valence-electron chi connectivity index (χ3n) is 5.51. The van der Waals surface area contributed by atoms with Crippen molar-refractivity contribution in [3.63, 3.8) is 0 Å². The van der Waals surface area contributed by atoms with Gasteiger partial charge in [-0.3, -0.25) is 4.39 Å². The molecule has 0 amide bonds. The van der Waals surface area contributed by atoms with Gasteiger partial charge in [-0.2, -0.15) is 0 Å². The fourth-order valence-corrected chi connectivity index (χ4v) is 3.91. The summed E-state index contributed by atoms with van der Waals surface area (Å²) < 4.78 is 30.6. The average Bonchev–Trinajstić information content (AvgIpc) is 2.56. The van der Waals surface area contributed by atoms with E-state index in [2.05, 4.69) is 6.92 Å². The molecule has 3 rings (SSSR count). The van der Waals surface area contributed by atoms with E-state index >= 15 is 0 Å². The van der Waals surface area contributed by atoms with Gasteiger partial charge in [-0.05, 0) is 50.4 Å². The highest BCUT2D eigenvalue weighted by Gasteiger charge is 2.36. The van der Waals surface area contributed by atoms with Crippen LogP contribution in [0.5, 0.6) is 0 Å². The molecule has 3 aliphatic rings. The fraction of sp³-hybridized carbons (Fsp3) is 1.00. The maximum atomic E-state index is 12.7. The molecule has 0 aromatic heterocycles. The van der Waals surface area contributed by atoms with Crippen LogP contribution in [0.3, 0.4) is 0 Å². The number of halogens is 1. The molecule has 0 N–H and O–H groups in total. The summed E-state index contributed by atoms with van der Waals surface area (Å²) in [5, 5.41) is 0. The van der Waals surface area contributed by atoms with E-state index in [0.717, 1.165) is 51.9 Å². The van der Waals surface area contributed by atoms with Gasteiger partial charge < -0.3 is 14.2 Å². The van der Waals surface area contributed by atoms with Crippen LogP contribution in [-0.2, 0) is 14.2 Å². The molecule has 3 fully saturated rings. The Morgan fingerprint density at radius 2 is 1.52 bits per heavy atom. The average molecular weight is 300 g/mol. The first-order valence-electron chi connectivity index (χ1n) is 8.67. The third kappa shape index (κ3) is 3.96. The Hall–Kier alpha value is -0.190. The Bertz CT molecular complexity index is 301. The van der Waals surface area contributed by atoms with Crippen LogP contribution in [0.25, 0.3) is 0 Å². The predicted molar refractivity (Wildman–Crippen MR) is 78.7 cm³/mol. The van der Waals surface area contributed by atoms with Crippen LogP contribution in [0.15, 0.2) is 0 Å². The highest BCUT2D eigenvalue weighted by atomic mass is 19.1. The zero-order chi connectivity index (χ0) is 14.7. The van der Waals surface area contributed by atoms with Crippen LogP contribution < -0.4 is 0 Å². The Labute approximate surface area is 127 Å². The topological polar surface area (TPSA) is 27.7 Å². The van der Waals surface area contributed by atoms with Crippen LogP contribution in [0, 0.1) is 23.7 Å². The smallest absolute Gasteiger partial charge is 0.160 e. The number of hydrogen-bond acceptors (Lipinski definition) is 3. The lowest BCUT2D eigenvalue weighted by Crippen LogP contribution is -2.44. The lowest BCUT2D eigenvalue weighted by atomic mass is 9.82. The maximum absolute atomic E-state index is 12.7. The van der Waals surface area contributed by atoms with Crippen LogP contribution in [0.2, 0.25) is 0 Å². The second-order valence-electron chi connectivity index (χ2n) is 7.28. The van der Waals surface area contributed by atoms with Crippen molar-refractivity contribution in [2.45, 2.75) is 57.8 Å². The monoisotopic (exact) mass is 300 g/mol. The first kappa shape index (κ1) is 15.7. The molecule has 3 nitrogen and oxygen atoms in total. The van der Waals surface area contributed by atoms with Gasteiger partial charge in [-0.15, -0.1) is 0 Å². The van der Waals surface area contributed by atoms with Crippen molar-refractivity contribution in [2.75, 3.05) is 26.5 Å². The summed E-state index contributed by atoms with van der Waals surface area (Å²) in [5.74, 6) is 1.80. The molecule has 122 valence electrons. The molecule has 2 saturated heterocycles. The van der Waals surface area contributed by atoms with E-state index in [0.29, 0.717) is 23.9 Å². The van der Waals surface area contributed by atoms with Gasteiger partial charge in [-0.25, -0.2) is 0 Å². The molecule has 1 saturated carbocycles. The molecule has 0 bridgehead atoms. The third-order valence-corrected chi connectivity index (χ3v) is 5.51. The fourth-order valence-electron chi connectivity index (χ4n) is 3.91. The Morgan fingerprint density at radius 3 is 2.10 bits per heavy atom. The van der Waals surface area contributed by atoms with Gasteiger partial charge in [0.2, 0.25) is 0 Å². The van der Waals surface area contributed by atoms with E-state index in [1.54, 1.807) is 0 Å². The minimum Gasteiger partial charge on any atom is -0.377 e. The summed E-state index contributed by atoms with van der Waals surface area (Å²) in [4.78, 5) is 0. The molecule has 2 heterocycles. The van der Waals surface area contributed by atoms with Crippen LogP contribution in [-0.4, -0.2) is 38.9 Å². The lowest BCUT2D eigenvalue weighted by Gasteiger charge is -2.40. The predicted octanol–water partition coefficient (Wildman–Crippen LogP) is 3.57. The van der Waals surface area contributed by atoms with Gasteiger partial charge in [-0.1, -0.05) is 6.92 Å². The SMILES string of the molecule is CC1CCC(C2COC(C3CCC(CF)CC3)OC2)OC1. The zero-order valence-electron chi connectivity index (χ0n) is 13.1. The summed E-state index contributed by atoms with van der Waals surface area (Å²) in [7, 11) is 0. The lowest BCUT2D eigenvalue weighted by molar-refractivity contribution is -0.246. The first-order valence-corrected chi connectivity index (χ1v) is 8.67. The van der Waals surface area contributed by atoms with Gasteiger partial charge in [0.15, 0.2) is 6.29 Å². The number of hydrogen-bond donors (Lipinski definition) is 0. The molecule has 0 spiro atoms. The molecule has 0 aromatic carbocycles. The number of ether oxygens (including phenoxy) is 3. The summed E-state index contributed by atoms with van der Waals surface area (Å²) in [5.41, 5.74) is 0. The zero-order valence-corrected chi connectivity index (χ0v) is 13.1. The first-order chi connectivity index (χ1) is 10.3. The highest BCUT2D eigenvalue weighted by Crippen LogP contribution is 2.35. The van der Waals surface area contributed by atoms with Gasteiger partial charge in [0.25, 0.3) is 0 Å². The Balaban J connectivity index is 1.41. The Kier molecular flexibility index (Phi) is 5.52. The molecule has 21 heavy (non-hydrogen) atoms. The van der Waals surface area contributed by atoms with Gasteiger partial charge in [0, 0.05) is 18.4 Å². The van der Waals surface area contributed by atoms with Crippen molar-refractivity contribution in [2.24, 2.45) is 23.7 Å². The molecule has 0 aromatic rings. The van der Waals surface area contributed by atoms with Crippen molar-refractivity contribution >= 4 is 0 Å². The Morgan fingerprint density at radius 1 is 0.810 bits per heavy atom. The van der Waals surface area contributed by atoms with E-state index in [1.807, 2.05) is 0 Å². The quantitative estimate of drug-likeness (QED) is 0.797. The summed E-state index contributed by atoms with van der Waals surface area (Å²) in [6, 6.07) is 0. The summed E-state index contributed by atoms with van der Waals surface area (Å²) >= 11 is 0. The van der Waals surface area contributed by atoms with Crippen LogP contribution in [0.4, 0.5) is 4.39 Å². The molecular formula is C17H29FO3. The van der Waals surface area contributed by atoms with Crippen LogP contribution in [0.1, 0.15) is 45.4 Å². The van der Waals surface area contributed by atoms with Crippen molar-refractivity contribution in [1.29, 1.82) is 0 Å². The van der Waals surface area contributed by atoms with Crippen molar-refractivity contribution in [3.8, 4) is 0 Å². The minimum absolute atomic E-state index is 0.0654. The number of alkyl halides is 1. The molecular weight excluding hydrogens is 271 g/mol. The van der Waals surface area contributed by atoms with Crippen molar-refractivity contribution < 1.29 is 18.6 Å². The van der Waals surface area contributed by atoms with Crippen molar-refractivity contribution in [3.05, 3.63) is 0 Å². The normalized spacial score (nSPS) is 45.4. The molecule has 0 radical (unpaired) electrons. The molecule has 4 heteroatoms. The second-order valence-corrected chi connectivity index (χ2v) is 7.28. The van der Waals surface area contributed by atoms with Gasteiger partial charge >= 0.3 is 0 Å². The second kappa shape index (κ2) is 7.38. The van der Waals surface area contributed by atoms with Gasteiger partial charge in [0.05, 0.1) is 26.0 Å². The summed E-state index contributed by atoms with van der Waals surface area (Å²) in [6.07, 6.45) is 6.68. The molecule has 2 unspecified atom stereocenters. The van der Waals surface area contributed by atoms with E-state index < -0.39 is 0 Å². The van der Waals surface area contributed by atoms with Gasteiger partial charge in [0.1, 0.15) is 0 Å².